The summed E-state index contributed by atoms with van der Waals surface area (Å²) in [6.45, 7) is 4.52. The van der Waals surface area contributed by atoms with E-state index in [0.717, 1.165) is 30.6 Å². The minimum absolute atomic E-state index is 0.213. The van der Waals surface area contributed by atoms with Gasteiger partial charge in [-0.3, -0.25) is 9.80 Å². The lowest BCUT2D eigenvalue weighted by Crippen LogP contribution is -2.48. The summed E-state index contributed by atoms with van der Waals surface area (Å²) in [6, 6.07) is 12.6. The molecule has 0 unspecified atom stereocenters. The van der Waals surface area contributed by atoms with Crippen LogP contribution in [-0.2, 0) is 4.79 Å². The number of carbonyl (C=O) groups excluding carboxylic acids is 1. The molecule has 2 N–H and O–H groups in total. The number of amides is 1. The molecule has 1 amide bonds. The fourth-order valence-corrected chi connectivity index (χ4v) is 5.13. The molecule has 176 valence electrons. The van der Waals surface area contributed by atoms with Gasteiger partial charge < -0.3 is 15.2 Å². The van der Waals surface area contributed by atoms with Gasteiger partial charge in [0.2, 0.25) is 0 Å². The minimum atomic E-state index is -0.524. The summed E-state index contributed by atoms with van der Waals surface area (Å²) in [4.78, 5) is 13.2. The van der Waals surface area contributed by atoms with Crippen LogP contribution < -0.4 is 15.1 Å². The summed E-state index contributed by atoms with van der Waals surface area (Å²) in [5.41, 5.74) is 2.08. The first-order valence-electron chi connectivity index (χ1n) is 11.4. The first-order valence-corrected chi connectivity index (χ1v) is 12.2. The molecule has 0 spiro atoms. The molecule has 0 saturated heterocycles. The SMILES string of the molecule is CCOc1ccc([C@@H]2[C@H](C)C(C(=O)N[C@H]3CCCC[C@@H]3O)=NN2c2ccc(Cl)cc2Cl)cc1. The Morgan fingerprint density at radius 1 is 1.18 bits per heavy atom. The van der Waals surface area contributed by atoms with E-state index in [1.165, 1.54) is 0 Å². The highest BCUT2D eigenvalue weighted by molar-refractivity contribution is 6.41. The molecule has 1 aliphatic carbocycles. The van der Waals surface area contributed by atoms with Gasteiger partial charge in [0.25, 0.3) is 5.91 Å². The molecule has 1 fully saturated rings. The van der Waals surface area contributed by atoms with Crippen molar-refractivity contribution in [3.63, 3.8) is 0 Å². The zero-order chi connectivity index (χ0) is 23.5. The highest BCUT2D eigenvalue weighted by Crippen LogP contribution is 2.42. The topological polar surface area (TPSA) is 74.2 Å². The molecule has 2 aliphatic rings. The Morgan fingerprint density at radius 3 is 2.58 bits per heavy atom. The van der Waals surface area contributed by atoms with Gasteiger partial charge in [0.15, 0.2) is 0 Å². The van der Waals surface area contributed by atoms with Crippen molar-refractivity contribution in [3.8, 4) is 5.75 Å². The molecule has 8 heteroatoms. The van der Waals surface area contributed by atoms with Crippen molar-refractivity contribution in [1.82, 2.24) is 5.32 Å². The Morgan fingerprint density at radius 2 is 1.91 bits per heavy atom. The van der Waals surface area contributed by atoms with E-state index >= 15 is 0 Å². The van der Waals surface area contributed by atoms with Crippen molar-refractivity contribution in [2.45, 2.75) is 57.7 Å². The molecule has 4 rings (SSSR count). The lowest BCUT2D eigenvalue weighted by molar-refractivity contribution is -0.116. The second kappa shape index (κ2) is 10.3. The molecule has 1 aliphatic heterocycles. The molecule has 33 heavy (non-hydrogen) atoms. The van der Waals surface area contributed by atoms with Crippen molar-refractivity contribution in [2.24, 2.45) is 11.0 Å². The minimum Gasteiger partial charge on any atom is -0.494 e. The quantitative estimate of drug-likeness (QED) is 0.572. The molecule has 1 saturated carbocycles. The third-order valence-corrected chi connectivity index (χ3v) is 6.89. The fraction of sp³-hybridized carbons (Fsp3) is 0.440. The molecule has 0 bridgehead atoms. The van der Waals surface area contributed by atoms with Crippen LogP contribution >= 0.6 is 23.2 Å². The Labute approximate surface area is 204 Å². The van der Waals surface area contributed by atoms with Crippen LogP contribution in [-0.4, -0.2) is 35.5 Å². The number of ether oxygens (including phenoxy) is 1. The van der Waals surface area contributed by atoms with Crippen LogP contribution in [0.5, 0.6) is 5.75 Å². The number of aliphatic hydroxyl groups excluding tert-OH is 1. The lowest BCUT2D eigenvalue weighted by atomic mass is 9.89. The monoisotopic (exact) mass is 489 g/mol. The maximum absolute atomic E-state index is 13.2. The number of anilines is 1. The van der Waals surface area contributed by atoms with E-state index in [1.807, 2.05) is 44.2 Å². The maximum Gasteiger partial charge on any atom is 0.268 e. The Bertz CT molecular complexity index is 1030. The molecular formula is C25H29Cl2N3O3. The molecule has 2 aromatic carbocycles. The third-order valence-electron chi connectivity index (χ3n) is 6.35. The van der Waals surface area contributed by atoms with Gasteiger partial charge in [-0.15, -0.1) is 0 Å². The maximum atomic E-state index is 13.2. The summed E-state index contributed by atoms with van der Waals surface area (Å²) in [6.07, 6.45) is 2.92. The van der Waals surface area contributed by atoms with Gasteiger partial charge in [-0.2, -0.15) is 5.10 Å². The van der Waals surface area contributed by atoms with E-state index < -0.39 is 6.10 Å². The second-order valence-electron chi connectivity index (χ2n) is 8.59. The number of nitrogens with zero attached hydrogens (tertiary/aromatic N) is 2. The molecule has 0 aromatic heterocycles. The normalized spacial score (nSPS) is 25.0. The second-order valence-corrected chi connectivity index (χ2v) is 9.44. The van der Waals surface area contributed by atoms with Crippen molar-refractivity contribution in [2.75, 3.05) is 11.6 Å². The van der Waals surface area contributed by atoms with Crippen LogP contribution in [0.2, 0.25) is 10.0 Å². The number of halogens is 2. The number of rotatable bonds is 6. The van der Waals surface area contributed by atoms with Crippen molar-refractivity contribution >= 4 is 40.5 Å². The van der Waals surface area contributed by atoms with Gasteiger partial charge in [-0.05, 0) is 55.7 Å². The van der Waals surface area contributed by atoms with Crippen LogP contribution in [0.4, 0.5) is 5.69 Å². The fourth-order valence-electron chi connectivity index (χ4n) is 4.63. The molecule has 2 aromatic rings. The summed E-state index contributed by atoms with van der Waals surface area (Å²) in [5.74, 6) is 0.320. The van der Waals surface area contributed by atoms with E-state index in [2.05, 4.69) is 5.32 Å². The van der Waals surface area contributed by atoms with Crippen LogP contribution in [0.3, 0.4) is 0 Å². The Kier molecular flexibility index (Phi) is 7.47. The number of aliphatic hydroxyl groups is 1. The molecule has 1 heterocycles. The number of nitrogens with one attached hydrogen (secondary N) is 1. The number of hydrazone groups is 1. The number of hydrogen-bond donors (Lipinski definition) is 2. The smallest absolute Gasteiger partial charge is 0.268 e. The van der Waals surface area contributed by atoms with E-state index in [9.17, 15) is 9.90 Å². The molecule has 6 nitrogen and oxygen atoms in total. The number of hydrogen-bond acceptors (Lipinski definition) is 5. The lowest BCUT2D eigenvalue weighted by Gasteiger charge is -2.29. The van der Waals surface area contributed by atoms with E-state index in [0.29, 0.717) is 34.5 Å². The van der Waals surface area contributed by atoms with Crippen molar-refractivity contribution < 1.29 is 14.6 Å². The predicted octanol–water partition coefficient (Wildman–Crippen LogP) is 5.37. The van der Waals surface area contributed by atoms with Gasteiger partial charge in [0, 0.05) is 10.9 Å². The molecular weight excluding hydrogens is 461 g/mol. The van der Waals surface area contributed by atoms with Gasteiger partial charge in [-0.25, -0.2) is 0 Å². The zero-order valence-electron chi connectivity index (χ0n) is 18.8. The molecule has 0 radical (unpaired) electrons. The summed E-state index contributed by atoms with van der Waals surface area (Å²) in [7, 11) is 0. The van der Waals surface area contributed by atoms with E-state index in [1.54, 1.807) is 17.1 Å². The van der Waals surface area contributed by atoms with Crippen LogP contribution in [0.25, 0.3) is 0 Å². The highest BCUT2D eigenvalue weighted by Gasteiger charge is 2.41. The Balaban J connectivity index is 1.66. The van der Waals surface area contributed by atoms with Crippen molar-refractivity contribution in [1.29, 1.82) is 0 Å². The van der Waals surface area contributed by atoms with Crippen LogP contribution in [0, 0.1) is 5.92 Å². The van der Waals surface area contributed by atoms with Crippen LogP contribution in [0.1, 0.15) is 51.1 Å². The van der Waals surface area contributed by atoms with Gasteiger partial charge in [0.05, 0.1) is 35.5 Å². The van der Waals surface area contributed by atoms with E-state index in [-0.39, 0.29) is 23.9 Å². The summed E-state index contributed by atoms with van der Waals surface area (Å²) >= 11 is 12.6. The summed E-state index contributed by atoms with van der Waals surface area (Å²) in [5, 5.41) is 20.8. The zero-order valence-corrected chi connectivity index (χ0v) is 20.3. The largest absolute Gasteiger partial charge is 0.494 e. The first kappa shape index (κ1) is 23.9. The highest BCUT2D eigenvalue weighted by atomic mass is 35.5. The van der Waals surface area contributed by atoms with Crippen molar-refractivity contribution in [3.05, 3.63) is 58.1 Å². The van der Waals surface area contributed by atoms with Crippen LogP contribution in [0.15, 0.2) is 47.6 Å². The average molecular weight is 490 g/mol. The predicted molar refractivity (Wildman–Crippen MR) is 132 cm³/mol. The number of benzene rings is 2. The molecule has 4 atom stereocenters. The summed E-state index contributed by atoms with van der Waals surface area (Å²) < 4.78 is 5.58. The third kappa shape index (κ3) is 5.13. The van der Waals surface area contributed by atoms with Gasteiger partial charge in [-0.1, -0.05) is 55.1 Å². The van der Waals surface area contributed by atoms with E-state index in [4.69, 9.17) is 33.0 Å². The standard InChI is InChI=1S/C25H29Cl2N3O3/c1-3-33-18-11-8-16(9-12-18)24-15(2)23(25(32)28-20-6-4-5-7-22(20)31)29-30(24)21-13-10-17(26)14-19(21)27/h8-15,20,22,24,31H,3-7H2,1-2H3,(H,28,32)/t15-,20+,22+,24+/m1/s1. The van der Waals surface area contributed by atoms with Gasteiger partial charge in [0.1, 0.15) is 11.5 Å². The van der Waals surface area contributed by atoms with Gasteiger partial charge >= 0.3 is 0 Å². The average Bonchev–Trinajstić information content (AvgIpc) is 3.13. The number of carbonyl (C=O) groups is 1. The Hall–Kier alpha value is -2.28. The first-order chi connectivity index (χ1) is 15.9.